The van der Waals surface area contributed by atoms with Crippen LogP contribution in [0.2, 0.25) is 5.02 Å². The Hall–Kier alpha value is -4.50. The number of rotatable bonds is 8. The van der Waals surface area contributed by atoms with Crippen molar-refractivity contribution >= 4 is 34.9 Å². The highest BCUT2D eigenvalue weighted by Crippen LogP contribution is 2.32. The molecule has 204 valence electrons. The Bertz CT molecular complexity index is 1590. The van der Waals surface area contributed by atoms with Crippen molar-refractivity contribution in [1.29, 1.82) is 0 Å². The number of nitrogens with zero attached hydrogens (tertiary/aromatic N) is 3. The van der Waals surface area contributed by atoms with Crippen LogP contribution in [0.15, 0.2) is 73.4 Å². The van der Waals surface area contributed by atoms with Crippen LogP contribution in [0.1, 0.15) is 56.2 Å². The Morgan fingerprint density at radius 2 is 1.98 bits per heavy atom. The SMILES string of the molecule is C=CC(=O)Cc1cc(NC(=O)c2nn(Cc3ccc(F)cc3)c3c2CN(C(=O)c2ccc[nH]2)CC3C)ccc1Cl. The van der Waals surface area contributed by atoms with Crippen molar-refractivity contribution in [3.05, 3.63) is 118 Å². The number of ketones is 1. The molecule has 0 fully saturated rings. The lowest BCUT2D eigenvalue weighted by molar-refractivity contribution is -0.114. The van der Waals surface area contributed by atoms with E-state index in [0.717, 1.165) is 11.3 Å². The Labute approximate surface area is 235 Å². The van der Waals surface area contributed by atoms with E-state index in [-0.39, 0.29) is 42.1 Å². The molecule has 5 rings (SSSR count). The molecule has 0 saturated heterocycles. The first-order valence-corrected chi connectivity index (χ1v) is 13.1. The fourth-order valence-electron chi connectivity index (χ4n) is 4.98. The van der Waals surface area contributed by atoms with Gasteiger partial charge in [0.05, 0.1) is 13.1 Å². The van der Waals surface area contributed by atoms with Crippen LogP contribution in [0, 0.1) is 5.82 Å². The third-order valence-electron chi connectivity index (χ3n) is 6.88. The number of benzene rings is 2. The largest absolute Gasteiger partial charge is 0.357 e. The minimum atomic E-state index is -0.459. The molecule has 2 amide bonds. The van der Waals surface area contributed by atoms with Crippen molar-refractivity contribution in [1.82, 2.24) is 19.7 Å². The summed E-state index contributed by atoms with van der Waals surface area (Å²) in [6.07, 6.45) is 2.97. The maximum absolute atomic E-state index is 13.6. The Balaban J connectivity index is 1.49. The van der Waals surface area contributed by atoms with Crippen LogP contribution in [-0.2, 0) is 24.3 Å². The van der Waals surface area contributed by atoms with Crippen molar-refractivity contribution in [2.45, 2.75) is 32.4 Å². The van der Waals surface area contributed by atoms with Crippen LogP contribution >= 0.6 is 11.6 Å². The maximum Gasteiger partial charge on any atom is 0.276 e. The molecule has 1 atom stereocenters. The zero-order valence-corrected chi connectivity index (χ0v) is 22.5. The highest BCUT2D eigenvalue weighted by molar-refractivity contribution is 6.31. The fraction of sp³-hybridized carbons (Fsp3) is 0.200. The molecule has 2 aromatic carbocycles. The lowest BCUT2D eigenvalue weighted by Gasteiger charge is -2.32. The van der Waals surface area contributed by atoms with Gasteiger partial charge in [0.1, 0.15) is 11.5 Å². The summed E-state index contributed by atoms with van der Waals surface area (Å²) in [5.74, 6) is -1.28. The van der Waals surface area contributed by atoms with Gasteiger partial charge in [-0.2, -0.15) is 5.10 Å². The van der Waals surface area contributed by atoms with Crippen molar-refractivity contribution in [2.24, 2.45) is 0 Å². The van der Waals surface area contributed by atoms with E-state index < -0.39 is 5.91 Å². The first-order chi connectivity index (χ1) is 19.2. The monoisotopic (exact) mass is 559 g/mol. The number of carbonyl (C=O) groups excluding carboxylic acids is 3. The van der Waals surface area contributed by atoms with E-state index in [1.165, 1.54) is 18.2 Å². The lowest BCUT2D eigenvalue weighted by Crippen LogP contribution is -2.38. The normalized spacial score (nSPS) is 14.5. The summed E-state index contributed by atoms with van der Waals surface area (Å²) in [7, 11) is 0. The van der Waals surface area contributed by atoms with Crippen LogP contribution in [0.4, 0.5) is 10.1 Å². The highest BCUT2D eigenvalue weighted by Gasteiger charge is 2.34. The molecule has 10 heteroatoms. The summed E-state index contributed by atoms with van der Waals surface area (Å²) in [6, 6.07) is 14.5. The number of hydrogen-bond acceptors (Lipinski definition) is 4. The first kappa shape index (κ1) is 27.1. The molecule has 3 heterocycles. The molecule has 0 bridgehead atoms. The van der Waals surface area contributed by atoms with E-state index >= 15 is 0 Å². The predicted molar refractivity (Wildman–Crippen MR) is 150 cm³/mol. The standard InChI is InChI=1S/C30H27ClFN5O3/c1-3-23(38)14-20-13-22(10-11-25(20)31)34-29(39)27-24-17-36(30(40)26-5-4-12-33-26)15-18(2)28(24)37(35-27)16-19-6-8-21(32)9-7-19/h3-13,18,33H,1,14-17H2,2H3,(H,34,39). The number of halogens is 2. The maximum atomic E-state index is 13.6. The number of aromatic amines is 1. The highest BCUT2D eigenvalue weighted by atomic mass is 35.5. The van der Waals surface area contributed by atoms with Crippen LogP contribution in [-0.4, -0.2) is 43.8 Å². The van der Waals surface area contributed by atoms with E-state index in [0.29, 0.717) is 40.6 Å². The summed E-state index contributed by atoms with van der Waals surface area (Å²) in [6.45, 7) is 6.45. The molecule has 4 aromatic rings. The summed E-state index contributed by atoms with van der Waals surface area (Å²) in [5, 5.41) is 7.96. The van der Waals surface area contributed by atoms with Gasteiger partial charge in [-0.15, -0.1) is 0 Å². The van der Waals surface area contributed by atoms with Crippen LogP contribution in [0.3, 0.4) is 0 Å². The van der Waals surface area contributed by atoms with Gasteiger partial charge >= 0.3 is 0 Å². The molecule has 2 N–H and O–H groups in total. The van der Waals surface area contributed by atoms with E-state index in [2.05, 4.69) is 22.0 Å². The molecule has 2 aromatic heterocycles. The zero-order valence-electron chi connectivity index (χ0n) is 21.8. The minimum absolute atomic E-state index is 0.0566. The Morgan fingerprint density at radius 3 is 2.67 bits per heavy atom. The topological polar surface area (TPSA) is 100 Å². The van der Waals surface area contributed by atoms with Crippen LogP contribution < -0.4 is 5.32 Å². The van der Waals surface area contributed by atoms with Gasteiger partial charge in [0.2, 0.25) is 0 Å². The average Bonchev–Trinajstić information content (AvgIpc) is 3.60. The second kappa shape index (κ2) is 11.3. The molecule has 1 unspecified atom stereocenters. The van der Waals surface area contributed by atoms with Crippen molar-refractivity contribution < 1.29 is 18.8 Å². The van der Waals surface area contributed by atoms with Gasteiger partial charge in [-0.25, -0.2) is 4.39 Å². The fourth-order valence-corrected chi connectivity index (χ4v) is 5.17. The smallest absolute Gasteiger partial charge is 0.276 e. The van der Waals surface area contributed by atoms with Gasteiger partial charge in [0, 0.05) is 47.0 Å². The summed E-state index contributed by atoms with van der Waals surface area (Å²) < 4.78 is 15.3. The molecule has 8 nitrogen and oxygen atoms in total. The second-order valence-electron chi connectivity index (χ2n) is 9.77. The van der Waals surface area contributed by atoms with Gasteiger partial charge in [0.15, 0.2) is 11.5 Å². The third kappa shape index (κ3) is 5.60. The predicted octanol–water partition coefficient (Wildman–Crippen LogP) is 5.36. The third-order valence-corrected chi connectivity index (χ3v) is 7.24. The lowest BCUT2D eigenvalue weighted by atomic mass is 9.95. The zero-order chi connectivity index (χ0) is 28.4. The molecule has 1 aliphatic heterocycles. The summed E-state index contributed by atoms with van der Waals surface area (Å²) in [5.41, 5.74) is 3.98. The molecule has 0 spiro atoms. The van der Waals surface area contributed by atoms with Gasteiger partial charge in [-0.05, 0) is 59.7 Å². The second-order valence-corrected chi connectivity index (χ2v) is 10.2. The molecule has 40 heavy (non-hydrogen) atoms. The molecule has 0 radical (unpaired) electrons. The Morgan fingerprint density at radius 1 is 1.20 bits per heavy atom. The van der Waals surface area contributed by atoms with Crippen LogP contribution in [0.25, 0.3) is 0 Å². The molecule has 1 aliphatic rings. The minimum Gasteiger partial charge on any atom is -0.357 e. The van der Waals surface area contributed by atoms with Crippen molar-refractivity contribution in [2.75, 3.05) is 11.9 Å². The molecule has 0 aliphatic carbocycles. The number of nitrogens with one attached hydrogen (secondary N) is 2. The summed E-state index contributed by atoms with van der Waals surface area (Å²) in [4.78, 5) is 43.3. The van der Waals surface area contributed by atoms with E-state index in [4.69, 9.17) is 11.6 Å². The van der Waals surface area contributed by atoms with Gasteiger partial charge < -0.3 is 15.2 Å². The quantitative estimate of drug-likeness (QED) is 0.284. The van der Waals surface area contributed by atoms with Crippen LogP contribution in [0.5, 0.6) is 0 Å². The average molecular weight is 560 g/mol. The van der Waals surface area contributed by atoms with E-state index in [9.17, 15) is 18.8 Å². The number of hydrogen-bond donors (Lipinski definition) is 2. The first-order valence-electron chi connectivity index (χ1n) is 12.7. The Kier molecular flexibility index (Phi) is 7.66. The number of allylic oxidation sites excluding steroid dienone is 1. The number of fused-ring (bicyclic) bond motifs is 1. The van der Waals surface area contributed by atoms with Gasteiger partial charge in [0.25, 0.3) is 11.8 Å². The van der Waals surface area contributed by atoms with E-state index in [1.807, 2.05) is 6.92 Å². The molecular formula is C30H27ClFN5O3. The number of aromatic nitrogens is 3. The van der Waals surface area contributed by atoms with E-state index in [1.54, 1.807) is 58.2 Å². The number of amides is 2. The molecular weight excluding hydrogens is 533 g/mol. The van der Waals surface area contributed by atoms with Crippen molar-refractivity contribution in [3.63, 3.8) is 0 Å². The molecule has 0 saturated carbocycles. The number of H-pyrrole nitrogens is 1. The number of carbonyl (C=O) groups is 3. The number of anilines is 1. The summed E-state index contributed by atoms with van der Waals surface area (Å²) >= 11 is 6.26. The van der Waals surface area contributed by atoms with Gasteiger partial charge in [-0.1, -0.05) is 37.2 Å². The van der Waals surface area contributed by atoms with Gasteiger partial charge in [-0.3, -0.25) is 19.1 Å². The van der Waals surface area contributed by atoms with Crippen molar-refractivity contribution in [3.8, 4) is 0 Å².